The number of aryl methyl sites for hydroxylation is 1. The minimum Gasteiger partial charge on any atom is -0.377 e. The third kappa shape index (κ3) is 2.98. The number of pyridine rings is 1. The molecule has 1 aliphatic carbocycles. The van der Waals surface area contributed by atoms with Crippen molar-refractivity contribution < 1.29 is 4.74 Å². The van der Waals surface area contributed by atoms with Gasteiger partial charge in [0.15, 0.2) is 0 Å². The van der Waals surface area contributed by atoms with E-state index in [0.29, 0.717) is 12.0 Å². The summed E-state index contributed by atoms with van der Waals surface area (Å²) in [6, 6.07) is 4.56. The summed E-state index contributed by atoms with van der Waals surface area (Å²) in [5.74, 6) is 0.456. The summed E-state index contributed by atoms with van der Waals surface area (Å²) in [6.07, 6.45) is 5.35. The molecule has 0 aliphatic heterocycles. The third-order valence-electron chi connectivity index (χ3n) is 4.29. The molecule has 0 spiro atoms. The quantitative estimate of drug-likeness (QED) is 0.856. The Kier molecular flexibility index (Phi) is 4.58. The first-order chi connectivity index (χ1) is 9.10. The van der Waals surface area contributed by atoms with E-state index >= 15 is 0 Å². The SMILES string of the molecule is CCCNC(C1CCc2cccnc21)C(C)(C)OC. The zero-order chi connectivity index (χ0) is 13.9. The standard InChI is InChI=1S/C16H26N2O/c1-5-10-18-15(16(2,3)19-4)13-9-8-12-7-6-11-17-14(12)13/h6-7,11,13,15,18H,5,8-10H2,1-4H3. The number of rotatable bonds is 6. The number of hydrogen-bond donors (Lipinski definition) is 1. The van der Waals surface area contributed by atoms with E-state index in [1.165, 1.54) is 17.7 Å². The zero-order valence-corrected chi connectivity index (χ0v) is 12.6. The molecule has 106 valence electrons. The Morgan fingerprint density at radius 1 is 1.53 bits per heavy atom. The van der Waals surface area contributed by atoms with Crippen LogP contribution in [0.2, 0.25) is 0 Å². The van der Waals surface area contributed by atoms with Crippen LogP contribution in [0.5, 0.6) is 0 Å². The molecule has 0 radical (unpaired) electrons. The van der Waals surface area contributed by atoms with Crippen molar-refractivity contribution in [3.05, 3.63) is 29.6 Å². The molecule has 2 atom stereocenters. The lowest BCUT2D eigenvalue weighted by Gasteiger charge is -2.38. The molecular weight excluding hydrogens is 236 g/mol. The van der Waals surface area contributed by atoms with Crippen LogP contribution in [0.4, 0.5) is 0 Å². The van der Waals surface area contributed by atoms with Crippen LogP contribution in [0.3, 0.4) is 0 Å². The first kappa shape index (κ1) is 14.5. The van der Waals surface area contributed by atoms with E-state index in [1.54, 1.807) is 7.11 Å². The van der Waals surface area contributed by atoms with Crippen molar-refractivity contribution in [2.45, 2.75) is 57.6 Å². The van der Waals surface area contributed by atoms with Crippen LogP contribution in [-0.4, -0.2) is 30.3 Å². The van der Waals surface area contributed by atoms with Crippen molar-refractivity contribution in [1.82, 2.24) is 10.3 Å². The van der Waals surface area contributed by atoms with Gasteiger partial charge >= 0.3 is 0 Å². The predicted molar refractivity (Wildman–Crippen MR) is 78.5 cm³/mol. The van der Waals surface area contributed by atoms with Crippen LogP contribution in [0, 0.1) is 0 Å². The van der Waals surface area contributed by atoms with Crippen molar-refractivity contribution in [2.24, 2.45) is 0 Å². The lowest BCUT2D eigenvalue weighted by molar-refractivity contribution is -0.0183. The van der Waals surface area contributed by atoms with Crippen LogP contribution < -0.4 is 5.32 Å². The van der Waals surface area contributed by atoms with Gasteiger partial charge in [0.05, 0.1) is 5.60 Å². The van der Waals surface area contributed by atoms with Gasteiger partial charge in [0, 0.05) is 31.0 Å². The van der Waals surface area contributed by atoms with Crippen molar-refractivity contribution in [1.29, 1.82) is 0 Å². The summed E-state index contributed by atoms with van der Waals surface area (Å²) in [5, 5.41) is 3.68. The van der Waals surface area contributed by atoms with Crippen LogP contribution in [0.1, 0.15) is 50.8 Å². The Balaban J connectivity index is 2.25. The Morgan fingerprint density at radius 3 is 3.00 bits per heavy atom. The maximum atomic E-state index is 5.73. The summed E-state index contributed by atoms with van der Waals surface area (Å²) in [6.45, 7) is 7.56. The molecule has 0 saturated carbocycles. The van der Waals surface area contributed by atoms with E-state index in [2.05, 4.69) is 37.1 Å². The van der Waals surface area contributed by atoms with Gasteiger partial charge in [-0.3, -0.25) is 4.98 Å². The van der Waals surface area contributed by atoms with Crippen LogP contribution in [-0.2, 0) is 11.2 Å². The number of methoxy groups -OCH3 is 1. The maximum Gasteiger partial charge on any atom is 0.0781 e. The Bertz CT molecular complexity index is 417. The number of ether oxygens (including phenoxy) is 1. The fraction of sp³-hybridized carbons (Fsp3) is 0.688. The fourth-order valence-electron chi connectivity index (χ4n) is 3.07. The molecule has 3 nitrogen and oxygen atoms in total. The van der Waals surface area contributed by atoms with Gasteiger partial charge in [-0.25, -0.2) is 0 Å². The van der Waals surface area contributed by atoms with E-state index in [1.807, 2.05) is 12.3 Å². The highest BCUT2D eigenvalue weighted by Gasteiger charge is 2.39. The van der Waals surface area contributed by atoms with Gasteiger partial charge in [-0.15, -0.1) is 0 Å². The summed E-state index contributed by atoms with van der Waals surface area (Å²) < 4.78 is 5.73. The molecule has 2 unspecified atom stereocenters. The minimum atomic E-state index is -0.182. The number of aromatic nitrogens is 1. The third-order valence-corrected chi connectivity index (χ3v) is 4.29. The van der Waals surface area contributed by atoms with Crippen LogP contribution in [0.25, 0.3) is 0 Å². The molecule has 1 aromatic heterocycles. The van der Waals surface area contributed by atoms with E-state index < -0.39 is 0 Å². The first-order valence-electron chi connectivity index (χ1n) is 7.32. The number of nitrogens with zero attached hydrogens (tertiary/aromatic N) is 1. The highest BCUT2D eigenvalue weighted by molar-refractivity contribution is 5.30. The molecule has 1 aromatic rings. The van der Waals surface area contributed by atoms with E-state index in [9.17, 15) is 0 Å². The number of fused-ring (bicyclic) bond motifs is 1. The van der Waals surface area contributed by atoms with Gasteiger partial charge in [-0.05, 0) is 51.3 Å². The highest BCUT2D eigenvalue weighted by Crippen LogP contribution is 2.38. The second-order valence-corrected chi connectivity index (χ2v) is 5.93. The smallest absolute Gasteiger partial charge is 0.0781 e. The van der Waals surface area contributed by atoms with Crippen molar-refractivity contribution in [2.75, 3.05) is 13.7 Å². The van der Waals surface area contributed by atoms with Gasteiger partial charge in [-0.1, -0.05) is 13.0 Å². The van der Waals surface area contributed by atoms with E-state index in [-0.39, 0.29) is 5.60 Å². The second kappa shape index (κ2) is 6.02. The van der Waals surface area contributed by atoms with Gasteiger partial charge < -0.3 is 10.1 Å². The monoisotopic (exact) mass is 262 g/mol. The second-order valence-electron chi connectivity index (χ2n) is 5.93. The average Bonchev–Trinajstić information content (AvgIpc) is 2.83. The van der Waals surface area contributed by atoms with Crippen molar-refractivity contribution in [3.8, 4) is 0 Å². The van der Waals surface area contributed by atoms with E-state index in [4.69, 9.17) is 4.74 Å². The zero-order valence-electron chi connectivity index (χ0n) is 12.6. The molecule has 3 heteroatoms. The molecule has 2 rings (SSSR count). The molecular formula is C16H26N2O. The first-order valence-corrected chi connectivity index (χ1v) is 7.32. The molecule has 0 amide bonds. The fourth-order valence-corrected chi connectivity index (χ4v) is 3.07. The lowest BCUT2D eigenvalue weighted by Crippen LogP contribution is -2.51. The lowest BCUT2D eigenvalue weighted by atomic mass is 9.85. The number of hydrogen-bond acceptors (Lipinski definition) is 3. The number of nitrogens with one attached hydrogen (secondary N) is 1. The average molecular weight is 262 g/mol. The maximum absolute atomic E-state index is 5.73. The van der Waals surface area contributed by atoms with Gasteiger partial charge in [0.1, 0.15) is 0 Å². The molecule has 1 heterocycles. The highest BCUT2D eigenvalue weighted by atomic mass is 16.5. The van der Waals surface area contributed by atoms with Crippen molar-refractivity contribution >= 4 is 0 Å². The summed E-state index contributed by atoms with van der Waals surface area (Å²) >= 11 is 0. The Labute approximate surface area is 116 Å². The van der Waals surface area contributed by atoms with Crippen molar-refractivity contribution in [3.63, 3.8) is 0 Å². The predicted octanol–water partition coefficient (Wildman–Crippen LogP) is 2.90. The van der Waals surface area contributed by atoms with E-state index in [0.717, 1.165) is 19.4 Å². The normalized spacial score (nSPS) is 20.3. The molecule has 19 heavy (non-hydrogen) atoms. The van der Waals surface area contributed by atoms with Crippen LogP contribution in [0.15, 0.2) is 18.3 Å². The molecule has 0 bridgehead atoms. The molecule has 0 saturated heterocycles. The summed E-state index contributed by atoms with van der Waals surface area (Å²) in [5.41, 5.74) is 2.49. The largest absolute Gasteiger partial charge is 0.377 e. The van der Waals surface area contributed by atoms with Gasteiger partial charge in [0.2, 0.25) is 0 Å². The van der Waals surface area contributed by atoms with Gasteiger partial charge in [-0.2, -0.15) is 0 Å². The summed E-state index contributed by atoms with van der Waals surface area (Å²) in [7, 11) is 1.80. The topological polar surface area (TPSA) is 34.2 Å². The minimum absolute atomic E-state index is 0.182. The van der Waals surface area contributed by atoms with Crippen LogP contribution >= 0.6 is 0 Å². The molecule has 0 fully saturated rings. The van der Waals surface area contributed by atoms with Gasteiger partial charge in [0.25, 0.3) is 0 Å². The Morgan fingerprint density at radius 2 is 2.32 bits per heavy atom. The Hall–Kier alpha value is -0.930. The molecule has 1 aliphatic rings. The summed E-state index contributed by atoms with van der Waals surface area (Å²) in [4.78, 5) is 4.62. The molecule has 1 N–H and O–H groups in total. The molecule has 0 aromatic carbocycles.